The lowest BCUT2D eigenvalue weighted by Gasteiger charge is -2.23. The molecule has 0 aliphatic carbocycles. The second-order valence-electron chi connectivity index (χ2n) is 17.7. The predicted molar refractivity (Wildman–Crippen MR) is 284 cm³/mol. The van der Waals surface area contributed by atoms with Crippen LogP contribution in [0.5, 0.6) is 0 Å². The SMILES string of the molecule is N#Cc1cc(-n2c3ccccc3c3cccc(-c4cnccc4C#N)c32)c(-c2cccc3c2C(=O)N(c2ccccc2-c2ccccc2)C3=O)c(-n2c3ccccc3c3cccc(-c4cnccc4C#N)c32)c1. The molecule has 0 fully saturated rings. The Kier molecular flexibility index (Phi) is 9.72. The Morgan fingerprint density at radius 1 is 0.384 bits per heavy atom. The average molecular weight is 935 g/mol. The first-order valence-electron chi connectivity index (χ1n) is 23.5. The van der Waals surface area contributed by atoms with Gasteiger partial charge in [-0.2, -0.15) is 15.8 Å². The highest BCUT2D eigenvalue weighted by Crippen LogP contribution is 2.49. The van der Waals surface area contributed by atoms with Crippen LogP contribution in [0.1, 0.15) is 37.4 Å². The van der Waals surface area contributed by atoms with Crippen molar-refractivity contribution in [1.82, 2.24) is 19.1 Å². The van der Waals surface area contributed by atoms with Gasteiger partial charge in [-0.1, -0.05) is 133 Å². The van der Waals surface area contributed by atoms with Crippen LogP contribution in [0.15, 0.2) is 207 Å². The molecule has 0 radical (unpaired) electrons. The molecule has 338 valence electrons. The molecule has 1 aliphatic rings. The zero-order valence-electron chi connectivity index (χ0n) is 38.5. The molecule has 5 heterocycles. The topological polar surface area (TPSA) is 144 Å². The van der Waals surface area contributed by atoms with Crippen LogP contribution in [0.3, 0.4) is 0 Å². The third kappa shape index (κ3) is 6.34. The van der Waals surface area contributed by atoms with Crippen molar-refractivity contribution in [3.63, 3.8) is 0 Å². The molecule has 2 amide bonds. The fourth-order valence-corrected chi connectivity index (χ4v) is 10.9. The number of imide groups is 1. The van der Waals surface area contributed by atoms with Crippen molar-refractivity contribution in [2.45, 2.75) is 0 Å². The van der Waals surface area contributed by atoms with Crippen LogP contribution < -0.4 is 4.90 Å². The Morgan fingerprint density at radius 3 is 1.44 bits per heavy atom. The van der Waals surface area contributed by atoms with Gasteiger partial charge in [-0.15, -0.1) is 0 Å². The molecule has 8 aromatic carbocycles. The van der Waals surface area contributed by atoms with Crippen LogP contribution in [-0.4, -0.2) is 30.9 Å². The van der Waals surface area contributed by atoms with Gasteiger partial charge in [-0.3, -0.25) is 19.6 Å². The summed E-state index contributed by atoms with van der Waals surface area (Å²) in [4.78, 5) is 41.1. The summed E-state index contributed by atoms with van der Waals surface area (Å²) in [5, 5.41) is 35.8. The van der Waals surface area contributed by atoms with Crippen molar-refractivity contribution in [2.75, 3.05) is 4.90 Å². The van der Waals surface area contributed by atoms with E-state index in [0.717, 1.165) is 60.3 Å². The molecular weight excluding hydrogens is 901 g/mol. The van der Waals surface area contributed by atoms with Crippen molar-refractivity contribution in [3.05, 3.63) is 235 Å². The highest BCUT2D eigenvalue weighted by molar-refractivity contribution is 6.37. The first-order valence-corrected chi connectivity index (χ1v) is 23.5. The first kappa shape index (κ1) is 42.4. The lowest BCUT2D eigenvalue weighted by molar-refractivity contribution is 0.0926. The monoisotopic (exact) mass is 934 g/mol. The lowest BCUT2D eigenvalue weighted by atomic mass is 9.92. The van der Waals surface area contributed by atoms with Crippen LogP contribution in [0.25, 0.3) is 99.5 Å². The van der Waals surface area contributed by atoms with E-state index < -0.39 is 11.8 Å². The van der Waals surface area contributed by atoms with E-state index in [2.05, 4.69) is 37.3 Å². The van der Waals surface area contributed by atoms with Crippen LogP contribution in [-0.2, 0) is 0 Å². The van der Waals surface area contributed by atoms with Crippen molar-refractivity contribution in [1.29, 1.82) is 15.8 Å². The summed E-state index contributed by atoms with van der Waals surface area (Å²) in [6.07, 6.45) is 6.58. The van der Waals surface area contributed by atoms with Gasteiger partial charge in [-0.25, -0.2) is 4.90 Å². The van der Waals surface area contributed by atoms with Crippen molar-refractivity contribution < 1.29 is 9.59 Å². The Morgan fingerprint density at radius 2 is 0.863 bits per heavy atom. The van der Waals surface area contributed by atoms with E-state index in [1.807, 2.05) is 152 Å². The molecule has 0 bridgehead atoms. The number of nitriles is 3. The van der Waals surface area contributed by atoms with E-state index >= 15 is 9.59 Å². The predicted octanol–water partition coefficient (Wildman–Crippen LogP) is 13.8. The molecule has 10 nitrogen and oxygen atoms in total. The van der Waals surface area contributed by atoms with Gasteiger partial charge in [-0.05, 0) is 59.7 Å². The maximum Gasteiger partial charge on any atom is 0.266 e. The summed E-state index contributed by atoms with van der Waals surface area (Å²) >= 11 is 0. The van der Waals surface area contributed by atoms with Crippen molar-refractivity contribution >= 4 is 61.1 Å². The summed E-state index contributed by atoms with van der Waals surface area (Å²) < 4.78 is 4.22. The second kappa shape index (κ2) is 16.8. The molecule has 0 saturated carbocycles. The van der Waals surface area contributed by atoms with Gasteiger partial charge >= 0.3 is 0 Å². The lowest BCUT2D eigenvalue weighted by Crippen LogP contribution is -2.30. The molecule has 13 rings (SSSR count). The number of hydrogen-bond acceptors (Lipinski definition) is 7. The van der Waals surface area contributed by atoms with Gasteiger partial charge in [0, 0.05) is 79.7 Å². The van der Waals surface area contributed by atoms with Crippen LogP contribution in [0.4, 0.5) is 5.69 Å². The summed E-state index contributed by atoms with van der Waals surface area (Å²) in [5.41, 5.74) is 11.4. The molecule has 12 aromatic rings. The smallest absolute Gasteiger partial charge is 0.266 e. The Bertz CT molecular complexity index is 4290. The highest BCUT2D eigenvalue weighted by Gasteiger charge is 2.41. The number of amides is 2. The van der Waals surface area contributed by atoms with E-state index in [-0.39, 0.29) is 11.1 Å². The summed E-state index contributed by atoms with van der Waals surface area (Å²) in [6.45, 7) is 0. The number of pyridine rings is 2. The van der Waals surface area contributed by atoms with Gasteiger partial charge in [0.15, 0.2) is 0 Å². The standard InChI is InChI=1S/C63H34N8O2/c64-33-38-31-56(69-54-25-8-5-16-43(54)45-18-10-20-47(60(45)69)51-36-67-29-27-40(51)34-65)59(49-22-12-23-50-58(49)63(73)71(62(50)72)53-24-7-4-15-42(53)39-13-2-1-3-14-39)57(32-38)70-55-26-9-6-17-44(55)46-19-11-21-48(61(46)70)52-37-68-30-28-41(52)35-66/h1-32,36-37H. The molecule has 73 heavy (non-hydrogen) atoms. The van der Waals surface area contributed by atoms with Crippen molar-refractivity contribution in [2.24, 2.45) is 0 Å². The van der Waals surface area contributed by atoms with Gasteiger partial charge in [0.2, 0.25) is 0 Å². The van der Waals surface area contributed by atoms with Crippen LogP contribution in [0.2, 0.25) is 0 Å². The number of benzene rings is 8. The number of nitrogens with zero attached hydrogens (tertiary/aromatic N) is 8. The van der Waals surface area contributed by atoms with E-state index in [0.29, 0.717) is 61.6 Å². The molecule has 0 atom stereocenters. The minimum absolute atomic E-state index is 0.197. The number of para-hydroxylation sites is 5. The summed E-state index contributed by atoms with van der Waals surface area (Å²) in [7, 11) is 0. The van der Waals surface area contributed by atoms with Crippen LogP contribution >= 0.6 is 0 Å². The number of anilines is 1. The minimum atomic E-state index is -0.505. The third-order valence-corrected chi connectivity index (χ3v) is 14.0. The summed E-state index contributed by atoms with van der Waals surface area (Å²) in [6, 6.07) is 64.7. The molecule has 0 saturated heterocycles. The Hall–Kier alpha value is -10.7. The minimum Gasteiger partial charge on any atom is -0.308 e. The zero-order chi connectivity index (χ0) is 49.3. The van der Waals surface area contributed by atoms with E-state index in [4.69, 9.17) is 0 Å². The second-order valence-corrected chi connectivity index (χ2v) is 17.7. The normalized spacial score (nSPS) is 12.1. The van der Waals surface area contributed by atoms with Crippen molar-refractivity contribution in [3.8, 4) is 74.1 Å². The number of aromatic nitrogens is 4. The zero-order valence-corrected chi connectivity index (χ0v) is 38.5. The third-order valence-electron chi connectivity index (χ3n) is 14.0. The van der Waals surface area contributed by atoms with Gasteiger partial charge in [0.25, 0.3) is 11.8 Å². The van der Waals surface area contributed by atoms with E-state index in [1.165, 1.54) is 4.90 Å². The molecule has 4 aromatic heterocycles. The van der Waals surface area contributed by atoms with Gasteiger partial charge < -0.3 is 9.13 Å². The molecule has 0 N–H and O–H groups in total. The van der Waals surface area contributed by atoms with Crippen LogP contribution in [0, 0.1) is 34.0 Å². The fraction of sp³-hybridized carbons (Fsp3) is 0. The summed E-state index contributed by atoms with van der Waals surface area (Å²) in [5.74, 6) is -0.976. The molecule has 0 spiro atoms. The highest BCUT2D eigenvalue weighted by atomic mass is 16.2. The first-order chi connectivity index (χ1) is 36.0. The Labute approximate surface area is 417 Å². The number of rotatable bonds is 7. The largest absolute Gasteiger partial charge is 0.308 e. The number of fused-ring (bicyclic) bond motifs is 7. The van der Waals surface area contributed by atoms with Gasteiger partial charge in [0.05, 0.1) is 85.2 Å². The molecule has 1 aliphatic heterocycles. The number of hydrogen-bond donors (Lipinski definition) is 0. The van der Waals surface area contributed by atoms with E-state index in [9.17, 15) is 15.8 Å². The quantitative estimate of drug-likeness (QED) is 0.145. The molecule has 0 unspecified atom stereocenters. The Balaban J connectivity index is 1.21. The number of carbonyl (C=O) groups is 2. The number of carbonyl (C=O) groups excluding carboxylic acids is 2. The van der Waals surface area contributed by atoms with E-state index in [1.54, 1.807) is 55.1 Å². The fourth-order valence-electron chi connectivity index (χ4n) is 10.9. The molecule has 10 heteroatoms. The average Bonchev–Trinajstić information content (AvgIpc) is 4.07. The maximum absolute atomic E-state index is 15.7. The van der Waals surface area contributed by atoms with Gasteiger partial charge in [0.1, 0.15) is 0 Å². The molecular formula is C63H34N8O2. The maximum atomic E-state index is 15.7.